The summed E-state index contributed by atoms with van der Waals surface area (Å²) >= 11 is 1.37. The van der Waals surface area contributed by atoms with Crippen LogP contribution in [0.2, 0.25) is 0 Å². The number of fused-ring (bicyclic) bond motifs is 1. The number of nitrogens with zero attached hydrogens (tertiary/aromatic N) is 3. The molecule has 2 saturated heterocycles. The van der Waals surface area contributed by atoms with Crippen LogP contribution in [0.25, 0.3) is 0 Å². The first-order valence-electron chi connectivity index (χ1n) is 9.48. The minimum Gasteiger partial charge on any atom is -0.497 e. The van der Waals surface area contributed by atoms with Gasteiger partial charge in [-0.2, -0.15) is 4.99 Å². The third-order valence-corrected chi connectivity index (χ3v) is 8.45. The summed E-state index contributed by atoms with van der Waals surface area (Å²) in [6.07, 6.45) is 0. The Hall–Kier alpha value is -2.52. The van der Waals surface area contributed by atoms with E-state index in [0.717, 1.165) is 11.4 Å². The molecule has 0 bridgehead atoms. The lowest BCUT2D eigenvalue weighted by Gasteiger charge is -2.25. The Morgan fingerprint density at radius 1 is 1.10 bits per heavy atom. The van der Waals surface area contributed by atoms with Gasteiger partial charge in [-0.25, -0.2) is 8.42 Å². The maximum Gasteiger partial charge on any atom is 0.279 e. The first-order chi connectivity index (χ1) is 14.3. The number of methoxy groups -OCH3 is 1. The van der Waals surface area contributed by atoms with Crippen LogP contribution >= 0.6 is 11.8 Å². The highest BCUT2D eigenvalue weighted by molar-refractivity contribution is 8.16. The van der Waals surface area contributed by atoms with Crippen LogP contribution in [-0.4, -0.2) is 63.5 Å². The predicted molar refractivity (Wildman–Crippen MR) is 122 cm³/mol. The zero-order chi connectivity index (χ0) is 21.5. The van der Waals surface area contributed by atoms with Crippen molar-refractivity contribution in [3.8, 4) is 5.75 Å². The van der Waals surface area contributed by atoms with E-state index >= 15 is 0 Å². The molecule has 0 aromatic heterocycles. The van der Waals surface area contributed by atoms with E-state index in [1.165, 1.54) is 11.8 Å². The summed E-state index contributed by atoms with van der Waals surface area (Å²) in [6.45, 7) is 0. The first-order valence-corrected chi connectivity index (χ1v) is 12.2. The van der Waals surface area contributed by atoms with Crippen molar-refractivity contribution in [1.29, 1.82) is 0 Å². The standard InChI is InChI=1S/C21H23N3O4S2/c1-23(2)15-6-8-16(9-7-15)24-18-12-30(26,27)13-19(18)29-21(24)22-20(25)14-4-10-17(28-3)11-5-14/h4-11,18-19H,12-13H2,1-3H3/t18-,19-/m0/s1. The summed E-state index contributed by atoms with van der Waals surface area (Å²) in [5, 5.41) is 0.407. The molecule has 2 aromatic rings. The van der Waals surface area contributed by atoms with Gasteiger partial charge in [0.05, 0.1) is 24.7 Å². The summed E-state index contributed by atoms with van der Waals surface area (Å²) in [4.78, 5) is 21.0. The summed E-state index contributed by atoms with van der Waals surface area (Å²) in [5.74, 6) is 0.468. The van der Waals surface area contributed by atoms with Gasteiger partial charge in [-0.05, 0) is 48.5 Å². The van der Waals surface area contributed by atoms with Crippen molar-refractivity contribution in [2.45, 2.75) is 11.3 Å². The molecule has 30 heavy (non-hydrogen) atoms. The number of benzene rings is 2. The number of amides is 1. The van der Waals surface area contributed by atoms with Gasteiger partial charge in [0.15, 0.2) is 15.0 Å². The lowest BCUT2D eigenvalue weighted by molar-refractivity contribution is 0.100. The Bertz CT molecular complexity index is 1080. The molecular weight excluding hydrogens is 422 g/mol. The zero-order valence-electron chi connectivity index (χ0n) is 17.0. The molecule has 0 aliphatic carbocycles. The van der Waals surface area contributed by atoms with Crippen LogP contribution in [0.3, 0.4) is 0 Å². The van der Waals surface area contributed by atoms with E-state index in [1.54, 1.807) is 31.4 Å². The molecule has 0 N–H and O–H groups in total. The predicted octanol–water partition coefficient (Wildman–Crippen LogP) is 2.68. The Morgan fingerprint density at radius 3 is 2.37 bits per heavy atom. The lowest BCUT2D eigenvalue weighted by Crippen LogP contribution is -2.37. The largest absolute Gasteiger partial charge is 0.497 e. The van der Waals surface area contributed by atoms with Gasteiger partial charge in [-0.15, -0.1) is 0 Å². The highest BCUT2D eigenvalue weighted by Gasteiger charge is 2.49. The molecule has 158 valence electrons. The SMILES string of the molecule is COc1ccc(C(=O)N=C2S[C@H]3CS(=O)(=O)C[C@@H]3N2c2ccc(N(C)C)cc2)cc1. The fourth-order valence-electron chi connectivity index (χ4n) is 3.66. The third kappa shape index (κ3) is 4.04. The second-order valence-electron chi connectivity index (χ2n) is 7.51. The molecule has 2 heterocycles. The Labute approximate surface area is 180 Å². The minimum atomic E-state index is -3.10. The van der Waals surface area contributed by atoms with E-state index in [1.807, 2.05) is 48.2 Å². The van der Waals surface area contributed by atoms with Crippen molar-refractivity contribution in [3.63, 3.8) is 0 Å². The number of carbonyl (C=O) groups is 1. The topological polar surface area (TPSA) is 79.3 Å². The number of carbonyl (C=O) groups excluding carboxylic acids is 1. The summed E-state index contributed by atoms with van der Waals surface area (Å²) in [6, 6.07) is 14.4. The zero-order valence-corrected chi connectivity index (χ0v) is 18.6. The maximum atomic E-state index is 12.8. The van der Waals surface area contributed by atoms with Crippen LogP contribution in [0.4, 0.5) is 11.4 Å². The Balaban J connectivity index is 1.68. The number of hydrogen-bond acceptors (Lipinski definition) is 6. The molecule has 4 rings (SSSR count). The van der Waals surface area contributed by atoms with Crippen LogP contribution in [0.5, 0.6) is 5.75 Å². The highest BCUT2D eigenvalue weighted by atomic mass is 32.2. The van der Waals surface area contributed by atoms with Crippen LogP contribution in [0.1, 0.15) is 10.4 Å². The first kappa shape index (κ1) is 20.7. The van der Waals surface area contributed by atoms with Gasteiger partial charge in [0, 0.05) is 36.3 Å². The number of sulfone groups is 1. The smallest absolute Gasteiger partial charge is 0.279 e. The fourth-order valence-corrected chi connectivity index (χ4v) is 7.58. The van der Waals surface area contributed by atoms with Crippen molar-refractivity contribution < 1.29 is 17.9 Å². The maximum absolute atomic E-state index is 12.8. The van der Waals surface area contributed by atoms with Gasteiger partial charge >= 0.3 is 0 Å². The average Bonchev–Trinajstić information content (AvgIpc) is 3.18. The van der Waals surface area contributed by atoms with Gasteiger partial charge in [0.2, 0.25) is 0 Å². The van der Waals surface area contributed by atoms with E-state index in [4.69, 9.17) is 4.74 Å². The minimum absolute atomic E-state index is 0.0653. The molecule has 2 fully saturated rings. The molecule has 2 atom stereocenters. The quantitative estimate of drug-likeness (QED) is 0.716. The highest BCUT2D eigenvalue weighted by Crippen LogP contribution is 2.41. The van der Waals surface area contributed by atoms with Crippen LogP contribution in [0, 0.1) is 0 Å². The lowest BCUT2D eigenvalue weighted by atomic mass is 10.2. The molecular formula is C21H23N3O4S2. The molecule has 2 aromatic carbocycles. The van der Waals surface area contributed by atoms with Crippen LogP contribution in [-0.2, 0) is 9.84 Å². The van der Waals surface area contributed by atoms with E-state index in [0.29, 0.717) is 16.5 Å². The van der Waals surface area contributed by atoms with E-state index < -0.39 is 9.84 Å². The third-order valence-electron chi connectivity index (χ3n) is 5.25. The van der Waals surface area contributed by atoms with Crippen molar-refractivity contribution >= 4 is 44.0 Å². The Kier molecular flexibility index (Phi) is 5.50. The number of aliphatic imine (C=N–C) groups is 1. The molecule has 7 nitrogen and oxygen atoms in total. The van der Waals surface area contributed by atoms with E-state index in [-0.39, 0.29) is 28.7 Å². The molecule has 0 saturated carbocycles. The van der Waals surface area contributed by atoms with Crippen molar-refractivity contribution in [2.24, 2.45) is 4.99 Å². The molecule has 2 aliphatic rings. The van der Waals surface area contributed by atoms with Gasteiger partial charge in [0.1, 0.15) is 5.75 Å². The van der Waals surface area contributed by atoms with Gasteiger partial charge in [0.25, 0.3) is 5.91 Å². The van der Waals surface area contributed by atoms with Crippen molar-refractivity contribution in [3.05, 3.63) is 54.1 Å². The van der Waals surface area contributed by atoms with E-state index in [9.17, 15) is 13.2 Å². The summed E-state index contributed by atoms with van der Waals surface area (Å²) in [7, 11) is 2.38. The number of rotatable bonds is 4. The number of ether oxygens (including phenoxy) is 1. The summed E-state index contributed by atoms with van der Waals surface area (Å²) in [5.41, 5.74) is 2.32. The summed E-state index contributed by atoms with van der Waals surface area (Å²) < 4.78 is 29.6. The second-order valence-corrected chi connectivity index (χ2v) is 10.9. The van der Waals surface area contributed by atoms with E-state index in [2.05, 4.69) is 4.99 Å². The molecule has 0 unspecified atom stereocenters. The molecule has 2 aliphatic heterocycles. The van der Waals surface area contributed by atoms with Crippen LogP contribution < -0.4 is 14.5 Å². The fraction of sp³-hybridized carbons (Fsp3) is 0.333. The van der Waals surface area contributed by atoms with Crippen LogP contribution in [0.15, 0.2) is 53.5 Å². The molecule has 0 radical (unpaired) electrons. The average molecular weight is 446 g/mol. The number of thioether (sulfide) groups is 1. The number of anilines is 2. The molecule has 9 heteroatoms. The number of amidine groups is 1. The Morgan fingerprint density at radius 2 is 1.77 bits per heavy atom. The van der Waals surface area contributed by atoms with Crippen molar-refractivity contribution in [2.75, 3.05) is 42.5 Å². The molecule has 1 amide bonds. The molecule has 0 spiro atoms. The van der Waals surface area contributed by atoms with Gasteiger partial charge < -0.3 is 14.5 Å². The van der Waals surface area contributed by atoms with Crippen molar-refractivity contribution in [1.82, 2.24) is 0 Å². The van der Waals surface area contributed by atoms with Gasteiger partial charge in [-0.3, -0.25) is 4.79 Å². The normalized spacial score (nSPS) is 23.4. The second kappa shape index (κ2) is 7.96. The number of hydrogen-bond donors (Lipinski definition) is 0. The monoisotopic (exact) mass is 445 g/mol. The van der Waals surface area contributed by atoms with Gasteiger partial charge in [-0.1, -0.05) is 11.8 Å².